The highest BCUT2D eigenvalue weighted by Crippen LogP contribution is 2.63. The third kappa shape index (κ3) is 4.22. The number of ketones is 1. The van der Waals surface area contributed by atoms with Crippen molar-refractivity contribution >= 4 is 41.0 Å². The molecule has 174 valence electrons. The van der Waals surface area contributed by atoms with Crippen LogP contribution in [0.1, 0.15) is 52.4 Å². The lowest BCUT2D eigenvalue weighted by Gasteiger charge is -2.56. The smallest absolute Gasteiger partial charge is 0.410 e. The van der Waals surface area contributed by atoms with Gasteiger partial charge in [-0.3, -0.25) is 4.79 Å². The van der Waals surface area contributed by atoms with Crippen LogP contribution in [0, 0.1) is 12.3 Å². The zero-order valence-corrected chi connectivity index (χ0v) is 20.0. The van der Waals surface area contributed by atoms with Crippen molar-refractivity contribution in [3.63, 3.8) is 0 Å². The van der Waals surface area contributed by atoms with E-state index in [0.29, 0.717) is 24.9 Å². The van der Waals surface area contributed by atoms with E-state index < -0.39 is 27.9 Å². The number of rotatable bonds is 4. The topological polar surface area (TPSA) is 72.9 Å². The molecule has 1 aliphatic heterocycles. The van der Waals surface area contributed by atoms with E-state index in [1.807, 2.05) is 43.3 Å². The average Bonchev–Trinajstić information content (AvgIpc) is 2.82. The first-order valence-electron chi connectivity index (χ1n) is 10.8. The van der Waals surface area contributed by atoms with Crippen molar-refractivity contribution < 1.29 is 23.9 Å². The van der Waals surface area contributed by atoms with Gasteiger partial charge in [-0.15, -0.1) is 0 Å². The van der Waals surface area contributed by atoms with Gasteiger partial charge in [0.15, 0.2) is 10.1 Å². The first-order valence-corrected chi connectivity index (χ1v) is 11.5. The molecule has 4 rings (SSSR count). The Kier molecular flexibility index (Phi) is 6.43. The maximum atomic E-state index is 13.1. The fourth-order valence-electron chi connectivity index (χ4n) is 4.83. The highest BCUT2D eigenvalue weighted by molar-refractivity contribution is 6.61. The van der Waals surface area contributed by atoms with E-state index in [4.69, 9.17) is 32.7 Å². The summed E-state index contributed by atoms with van der Waals surface area (Å²) in [6, 6.07) is 14.3. The fraction of sp³-hybridized carbons (Fsp3) is 0.400. The largest absolute Gasteiger partial charge is 0.465 e. The Bertz CT molecular complexity index is 1090. The molecule has 8 heteroatoms. The van der Waals surface area contributed by atoms with Crippen molar-refractivity contribution in [2.75, 3.05) is 13.7 Å². The van der Waals surface area contributed by atoms with Gasteiger partial charge in [0.25, 0.3) is 0 Å². The molecule has 2 aliphatic rings. The molecule has 0 N–H and O–H groups in total. The van der Waals surface area contributed by atoms with Gasteiger partial charge in [-0.25, -0.2) is 9.59 Å². The average molecular weight is 490 g/mol. The minimum atomic E-state index is -1.47. The van der Waals surface area contributed by atoms with Gasteiger partial charge in [-0.05, 0) is 48.6 Å². The van der Waals surface area contributed by atoms with Crippen LogP contribution in [0.25, 0.3) is 0 Å². The van der Waals surface area contributed by atoms with Crippen LogP contribution in [0.2, 0.25) is 0 Å². The third-order valence-electron chi connectivity index (χ3n) is 6.80. The predicted molar refractivity (Wildman–Crippen MR) is 124 cm³/mol. The number of halogens is 2. The van der Waals surface area contributed by atoms with E-state index in [1.165, 1.54) is 7.11 Å². The van der Waals surface area contributed by atoms with Crippen LogP contribution < -0.4 is 0 Å². The number of methoxy groups -OCH3 is 1. The van der Waals surface area contributed by atoms with E-state index in [1.54, 1.807) is 17.0 Å². The normalized spacial score (nSPS) is 23.7. The highest BCUT2D eigenvalue weighted by Gasteiger charge is 2.66. The molecule has 2 fully saturated rings. The van der Waals surface area contributed by atoms with Gasteiger partial charge in [-0.2, -0.15) is 0 Å². The highest BCUT2D eigenvalue weighted by atomic mass is 35.5. The maximum absolute atomic E-state index is 13.1. The number of piperidine rings is 1. The fourth-order valence-corrected chi connectivity index (χ4v) is 5.44. The standard InChI is InChI=1S/C25H25Cl2NO5/c1-16-12-18(22(30)32-2)8-9-19(16)20-13-24(14-21(29)25(24,26)27)10-11-28(20)23(31)33-15-17-6-4-3-5-7-17/h3-9,12,20H,10-11,13-15H2,1-2H3/t20-,24?/m0/s1. The van der Waals surface area contributed by atoms with Gasteiger partial charge in [0.1, 0.15) is 6.61 Å². The lowest BCUT2D eigenvalue weighted by molar-refractivity contribution is -0.139. The van der Waals surface area contributed by atoms with E-state index in [-0.39, 0.29) is 18.8 Å². The monoisotopic (exact) mass is 489 g/mol. The summed E-state index contributed by atoms with van der Waals surface area (Å²) in [5.41, 5.74) is 2.37. The number of carbonyl (C=O) groups excluding carboxylic acids is 3. The second kappa shape index (κ2) is 8.99. The number of Topliss-reactive ketones (excluding diaryl/α,β-unsaturated/α-hetero) is 1. The molecular weight excluding hydrogens is 465 g/mol. The van der Waals surface area contributed by atoms with Gasteiger partial charge in [0, 0.05) is 18.4 Å². The van der Waals surface area contributed by atoms with Crippen LogP contribution in [-0.2, 0) is 20.9 Å². The molecule has 1 aliphatic carbocycles. The molecule has 2 atom stereocenters. The molecule has 1 saturated carbocycles. The van der Waals surface area contributed by atoms with Crippen molar-refractivity contribution in [3.05, 3.63) is 70.8 Å². The molecule has 1 spiro atoms. The summed E-state index contributed by atoms with van der Waals surface area (Å²) in [4.78, 5) is 38.9. The van der Waals surface area contributed by atoms with Gasteiger partial charge < -0.3 is 14.4 Å². The molecule has 0 radical (unpaired) electrons. The second-order valence-corrected chi connectivity index (χ2v) is 10.0. The number of carbonyl (C=O) groups is 3. The molecule has 1 unspecified atom stereocenters. The van der Waals surface area contributed by atoms with Crippen molar-refractivity contribution in [2.45, 2.75) is 43.2 Å². The number of benzene rings is 2. The maximum Gasteiger partial charge on any atom is 0.410 e. The first kappa shape index (κ1) is 23.6. The van der Waals surface area contributed by atoms with E-state index in [2.05, 4.69) is 0 Å². The summed E-state index contributed by atoms with van der Waals surface area (Å²) in [5.74, 6) is -0.628. The molecule has 1 heterocycles. The van der Waals surface area contributed by atoms with Crippen LogP contribution in [0.3, 0.4) is 0 Å². The van der Waals surface area contributed by atoms with Crippen molar-refractivity contribution in [1.29, 1.82) is 0 Å². The molecule has 6 nitrogen and oxygen atoms in total. The summed E-state index contributed by atoms with van der Waals surface area (Å²) < 4.78 is 8.96. The van der Waals surface area contributed by atoms with E-state index in [0.717, 1.165) is 16.7 Å². The van der Waals surface area contributed by atoms with Gasteiger partial charge >= 0.3 is 12.1 Å². The molecule has 0 bridgehead atoms. The van der Waals surface area contributed by atoms with Crippen LogP contribution in [0.5, 0.6) is 0 Å². The first-order chi connectivity index (χ1) is 15.7. The summed E-state index contributed by atoms with van der Waals surface area (Å²) in [6.45, 7) is 2.38. The number of likely N-dealkylation sites (tertiary alicyclic amines) is 1. The summed E-state index contributed by atoms with van der Waals surface area (Å²) in [5, 5.41) is 0. The molecular formula is C25H25Cl2NO5. The zero-order valence-electron chi connectivity index (χ0n) is 18.5. The van der Waals surface area contributed by atoms with E-state index in [9.17, 15) is 14.4 Å². The number of amides is 1. The van der Waals surface area contributed by atoms with Crippen molar-refractivity contribution in [1.82, 2.24) is 4.90 Å². The summed E-state index contributed by atoms with van der Waals surface area (Å²) in [7, 11) is 1.33. The van der Waals surface area contributed by atoms with Crippen LogP contribution >= 0.6 is 23.2 Å². The molecule has 0 aromatic heterocycles. The Labute approximate surface area is 202 Å². The van der Waals surface area contributed by atoms with Crippen molar-refractivity contribution in [3.8, 4) is 0 Å². The number of alkyl halides is 2. The van der Waals surface area contributed by atoms with Crippen molar-refractivity contribution in [2.24, 2.45) is 5.41 Å². The Morgan fingerprint density at radius 2 is 1.88 bits per heavy atom. The second-order valence-electron chi connectivity index (χ2n) is 8.72. The molecule has 2 aromatic carbocycles. The Morgan fingerprint density at radius 3 is 2.48 bits per heavy atom. The SMILES string of the molecule is COC(=O)c1ccc([C@@H]2CC3(CCN2C(=O)OCc2ccccc2)CC(=O)C3(Cl)Cl)c(C)c1. The molecule has 1 amide bonds. The Morgan fingerprint density at radius 1 is 1.15 bits per heavy atom. The molecule has 33 heavy (non-hydrogen) atoms. The number of aryl methyl sites for hydroxylation is 1. The van der Waals surface area contributed by atoms with Gasteiger partial charge in [0.2, 0.25) is 0 Å². The molecule has 2 aromatic rings. The number of nitrogens with zero attached hydrogens (tertiary/aromatic N) is 1. The minimum Gasteiger partial charge on any atom is -0.465 e. The lowest BCUT2D eigenvalue weighted by atomic mass is 9.59. The van der Waals surface area contributed by atoms with Gasteiger partial charge in [-0.1, -0.05) is 59.6 Å². The van der Waals surface area contributed by atoms with E-state index >= 15 is 0 Å². The van der Waals surface area contributed by atoms with Crippen LogP contribution in [-0.4, -0.2) is 40.7 Å². The number of esters is 1. The zero-order chi connectivity index (χ0) is 23.8. The molecule has 1 saturated heterocycles. The number of hydrogen-bond donors (Lipinski definition) is 0. The summed E-state index contributed by atoms with van der Waals surface area (Å²) in [6.07, 6.45) is 0.755. The minimum absolute atomic E-state index is 0.154. The number of ether oxygens (including phenoxy) is 2. The van der Waals surface area contributed by atoms with Crippen LogP contribution in [0.4, 0.5) is 4.79 Å². The third-order valence-corrected chi connectivity index (χ3v) is 8.02. The Hall–Kier alpha value is -2.57. The lowest BCUT2D eigenvalue weighted by Crippen LogP contribution is -2.62. The predicted octanol–water partition coefficient (Wildman–Crippen LogP) is 5.39. The number of hydrogen-bond acceptors (Lipinski definition) is 5. The quantitative estimate of drug-likeness (QED) is 0.425. The summed E-state index contributed by atoms with van der Waals surface area (Å²) >= 11 is 12.9. The van der Waals surface area contributed by atoms with Crippen LogP contribution in [0.15, 0.2) is 48.5 Å². The van der Waals surface area contributed by atoms with Gasteiger partial charge in [0.05, 0.1) is 18.7 Å². The Balaban J connectivity index is 1.62.